The Morgan fingerprint density at radius 3 is 2.83 bits per heavy atom. The summed E-state index contributed by atoms with van der Waals surface area (Å²) in [6.07, 6.45) is 1.63. The van der Waals surface area contributed by atoms with Crippen LogP contribution in [0.5, 0.6) is 0 Å². The number of hydrogen-bond donors (Lipinski definition) is 2. The lowest BCUT2D eigenvalue weighted by Crippen LogP contribution is -2.36. The Balaban J connectivity index is 2.33. The van der Waals surface area contributed by atoms with Crippen molar-refractivity contribution in [3.8, 4) is 0 Å². The summed E-state index contributed by atoms with van der Waals surface area (Å²) in [5.74, 6) is 0.126. The van der Waals surface area contributed by atoms with Gasteiger partial charge in [-0.1, -0.05) is 27.2 Å². The van der Waals surface area contributed by atoms with E-state index in [1.54, 1.807) is 11.3 Å². The molecule has 0 spiro atoms. The van der Waals surface area contributed by atoms with Crippen molar-refractivity contribution in [3.05, 3.63) is 16.1 Å². The summed E-state index contributed by atoms with van der Waals surface area (Å²) < 4.78 is 0. The molecule has 5 heteroatoms. The number of aliphatic hydroxyl groups is 1. The van der Waals surface area contributed by atoms with Gasteiger partial charge in [-0.25, -0.2) is 4.98 Å². The van der Waals surface area contributed by atoms with Gasteiger partial charge in [0.25, 0.3) is 0 Å². The van der Waals surface area contributed by atoms with Crippen LogP contribution in [-0.4, -0.2) is 28.6 Å². The maximum atomic E-state index is 11.7. The molecule has 0 aliphatic heterocycles. The number of amides is 1. The molecule has 102 valence electrons. The highest BCUT2D eigenvalue weighted by atomic mass is 32.1. The van der Waals surface area contributed by atoms with Crippen molar-refractivity contribution in [1.82, 2.24) is 10.3 Å². The van der Waals surface area contributed by atoms with Crippen LogP contribution in [0.3, 0.4) is 0 Å². The first-order valence-corrected chi connectivity index (χ1v) is 7.32. The van der Waals surface area contributed by atoms with E-state index in [0.717, 1.165) is 23.5 Å². The molecule has 0 bridgehead atoms. The van der Waals surface area contributed by atoms with Gasteiger partial charge in [0.15, 0.2) is 0 Å². The number of rotatable bonds is 7. The molecular formula is C13H22N2O2S. The number of carbonyl (C=O) groups is 1. The second kappa shape index (κ2) is 7.48. The molecule has 0 aliphatic rings. The second-order valence-corrected chi connectivity index (χ2v) is 5.46. The highest BCUT2D eigenvalue weighted by Gasteiger charge is 2.14. The molecule has 0 aromatic carbocycles. The number of nitrogens with zero attached hydrogens (tertiary/aromatic N) is 1. The molecule has 1 aromatic rings. The van der Waals surface area contributed by atoms with Crippen LogP contribution in [0.15, 0.2) is 5.38 Å². The molecule has 0 radical (unpaired) electrons. The molecule has 2 unspecified atom stereocenters. The summed E-state index contributed by atoms with van der Waals surface area (Å²) in [6.45, 7) is 6.37. The van der Waals surface area contributed by atoms with Gasteiger partial charge in [0.1, 0.15) is 0 Å². The van der Waals surface area contributed by atoms with Gasteiger partial charge in [0.05, 0.1) is 23.2 Å². The number of hydrogen-bond acceptors (Lipinski definition) is 4. The Morgan fingerprint density at radius 2 is 2.28 bits per heavy atom. The smallest absolute Gasteiger partial charge is 0.226 e. The Kier molecular flexibility index (Phi) is 6.29. The number of nitrogens with one attached hydrogen (secondary N) is 1. The van der Waals surface area contributed by atoms with Crippen LogP contribution in [0.4, 0.5) is 0 Å². The predicted octanol–water partition coefficient (Wildman–Crippen LogP) is 1.77. The zero-order chi connectivity index (χ0) is 13.5. The zero-order valence-electron chi connectivity index (χ0n) is 11.3. The van der Waals surface area contributed by atoms with E-state index in [1.165, 1.54) is 0 Å². The molecule has 0 saturated carbocycles. The highest BCUT2D eigenvalue weighted by molar-refractivity contribution is 7.09. The van der Waals surface area contributed by atoms with Crippen LogP contribution in [-0.2, 0) is 17.6 Å². The number of aliphatic hydroxyl groups excluding tert-OH is 1. The van der Waals surface area contributed by atoms with E-state index < -0.39 is 6.10 Å². The first-order chi connectivity index (χ1) is 8.56. The quantitative estimate of drug-likeness (QED) is 0.794. The largest absolute Gasteiger partial charge is 0.391 e. The average molecular weight is 270 g/mol. The summed E-state index contributed by atoms with van der Waals surface area (Å²) in [5.41, 5.74) is 0.812. The first kappa shape index (κ1) is 15.1. The predicted molar refractivity (Wildman–Crippen MR) is 73.7 cm³/mol. The van der Waals surface area contributed by atoms with Gasteiger partial charge in [0.2, 0.25) is 5.91 Å². The molecule has 0 fully saturated rings. The van der Waals surface area contributed by atoms with E-state index in [9.17, 15) is 9.90 Å². The summed E-state index contributed by atoms with van der Waals surface area (Å²) in [7, 11) is 0. The van der Waals surface area contributed by atoms with Crippen LogP contribution in [0.25, 0.3) is 0 Å². The third-order valence-corrected chi connectivity index (χ3v) is 4.09. The summed E-state index contributed by atoms with van der Waals surface area (Å²) in [4.78, 5) is 16.0. The lowest BCUT2D eigenvalue weighted by molar-refractivity contribution is -0.121. The fourth-order valence-corrected chi connectivity index (χ4v) is 2.26. The van der Waals surface area contributed by atoms with E-state index in [4.69, 9.17) is 0 Å². The van der Waals surface area contributed by atoms with E-state index in [0.29, 0.717) is 13.0 Å². The van der Waals surface area contributed by atoms with Crippen LogP contribution in [0, 0.1) is 5.92 Å². The Morgan fingerprint density at radius 1 is 1.56 bits per heavy atom. The van der Waals surface area contributed by atoms with Gasteiger partial charge in [0, 0.05) is 11.9 Å². The van der Waals surface area contributed by atoms with Gasteiger partial charge < -0.3 is 10.4 Å². The zero-order valence-corrected chi connectivity index (χ0v) is 12.1. The number of aromatic nitrogens is 1. The summed E-state index contributed by atoms with van der Waals surface area (Å²) in [5, 5.41) is 15.5. The molecule has 0 aliphatic carbocycles. The Hall–Kier alpha value is -0.940. The lowest BCUT2D eigenvalue weighted by atomic mass is 10.0. The normalized spacial score (nSPS) is 14.2. The Bertz CT molecular complexity index is 379. The van der Waals surface area contributed by atoms with Crippen LogP contribution in [0.2, 0.25) is 0 Å². The molecular weight excluding hydrogens is 248 g/mol. The van der Waals surface area contributed by atoms with Crippen molar-refractivity contribution in [2.24, 2.45) is 5.92 Å². The monoisotopic (exact) mass is 270 g/mol. The van der Waals surface area contributed by atoms with E-state index in [1.807, 2.05) is 26.2 Å². The maximum absolute atomic E-state index is 11.7. The van der Waals surface area contributed by atoms with Crippen LogP contribution in [0.1, 0.15) is 37.9 Å². The second-order valence-electron chi connectivity index (χ2n) is 4.52. The number of carbonyl (C=O) groups excluding carboxylic acids is 1. The fourth-order valence-electron chi connectivity index (χ4n) is 1.51. The average Bonchev–Trinajstić information content (AvgIpc) is 2.82. The number of thiazole rings is 1. The van der Waals surface area contributed by atoms with Crippen LogP contribution < -0.4 is 5.32 Å². The Labute approximate surface area is 112 Å². The van der Waals surface area contributed by atoms with Gasteiger partial charge in [-0.2, -0.15) is 0 Å². The SMILES string of the molecule is CCc1nc(CC(=O)NCC(O)C(C)CC)cs1. The number of aryl methyl sites for hydroxylation is 1. The van der Waals surface area contributed by atoms with E-state index in [2.05, 4.69) is 10.3 Å². The minimum absolute atomic E-state index is 0.0784. The van der Waals surface area contributed by atoms with Crippen molar-refractivity contribution in [2.75, 3.05) is 6.54 Å². The van der Waals surface area contributed by atoms with Crippen molar-refractivity contribution in [1.29, 1.82) is 0 Å². The fraction of sp³-hybridized carbons (Fsp3) is 0.692. The van der Waals surface area contributed by atoms with Crippen molar-refractivity contribution in [2.45, 2.75) is 46.1 Å². The van der Waals surface area contributed by atoms with Crippen molar-refractivity contribution < 1.29 is 9.90 Å². The maximum Gasteiger partial charge on any atom is 0.226 e. The van der Waals surface area contributed by atoms with E-state index >= 15 is 0 Å². The minimum Gasteiger partial charge on any atom is -0.391 e. The van der Waals surface area contributed by atoms with Crippen molar-refractivity contribution >= 4 is 17.2 Å². The molecule has 4 nitrogen and oxygen atoms in total. The van der Waals surface area contributed by atoms with Gasteiger partial charge in [-0.15, -0.1) is 11.3 Å². The van der Waals surface area contributed by atoms with Crippen molar-refractivity contribution in [3.63, 3.8) is 0 Å². The van der Waals surface area contributed by atoms with Gasteiger partial charge in [-0.05, 0) is 12.3 Å². The molecule has 18 heavy (non-hydrogen) atoms. The van der Waals surface area contributed by atoms with E-state index in [-0.39, 0.29) is 11.8 Å². The van der Waals surface area contributed by atoms with Crippen LogP contribution >= 0.6 is 11.3 Å². The third kappa shape index (κ3) is 4.74. The molecule has 2 N–H and O–H groups in total. The third-order valence-electron chi connectivity index (χ3n) is 3.05. The molecule has 1 heterocycles. The molecule has 2 atom stereocenters. The summed E-state index contributed by atoms with van der Waals surface area (Å²) in [6, 6.07) is 0. The summed E-state index contributed by atoms with van der Waals surface area (Å²) >= 11 is 1.58. The van der Waals surface area contributed by atoms with Gasteiger partial charge >= 0.3 is 0 Å². The lowest BCUT2D eigenvalue weighted by Gasteiger charge is -2.17. The standard InChI is InChI=1S/C13H22N2O2S/c1-4-9(3)11(16)7-14-12(17)6-10-8-18-13(5-2)15-10/h8-9,11,16H,4-7H2,1-3H3,(H,14,17). The minimum atomic E-state index is -0.472. The molecule has 0 saturated heterocycles. The first-order valence-electron chi connectivity index (χ1n) is 6.44. The molecule has 1 rings (SSSR count). The molecule has 1 amide bonds. The molecule has 1 aromatic heterocycles. The topological polar surface area (TPSA) is 62.2 Å². The van der Waals surface area contributed by atoms with Gasteiger partial charge in [-0.3, -0.25) is 4.79 Å². The highest BCUT2D eigenvalue weighted by Crippen LogP contribution is 2.10.